The van der Waals surface area contributed by atoms with Crippen LogP contribution in [0.15, 0.2) is 41.5 Å². The molecule has 2 heterocycles. The number of benzene rings is 1. The predicted molar refractivity (Wildman–Crippen MR) is 107 cm³/mol. The van der Waals surface area contributed by atoms with Crippen molar-refractivity contribution >= 4 is 0 Å². The molecule has 1 saturated carbocycles. The van der Waals surface area contributed by atoms with Gasteiger partial charge in [0, 0.05) is 43.6 Å². The third-order valence-corrected chi connectivity index (χ3v) is 6.00. The first-order valence-corrected chi connectivity index (χ1v) is 10.3. The van der Waals surface area contributed by atoms with Gasteiger partial charge in [0.15, 0.2) is 0 Å². The molecule has 0 N–H and O–H groups in total. The van der Waals surface area contributed by atoms with E-state index in [4.69, 9.17) is 4.74 Å². The Morgan fingerprint density at radius 2 is 1.74 bits per heavy atom. The summed E-state index contributed by atoms with van der Waals surface area (Å²) in [6, 6.07) is 8.97. The van der Waals surface area contributed by atoms with Gasteiger partial charge in [0.2, 0.25) is 0 Å². The highest BCUT2D eigenvalue weighted by molar-refractivity contribution is 5.62. The lowest BCUT2D eigenvalue weighted by atomic mass is 10.0. The predicted octanol–water partition coefficient (Wildman–Crippen LogP) is 3.72. The molecule has 0 atom stereocenters. The Morgan fingerprint density at radius 3 is 2.41 bits per heavy atom. The van der Waals surface area contributed by atoms with Gasteiger partial charge in [-0.1, -0.05) is 25.0 Å². The number of ether oxygens (including phenoxy) is 1. The van der Waals surface area contributed by atoms with Crippen LogP contribution in [-0.2, 0) is 6.54 Å². The highest BCUT2D eigenvalue weighted by Crippen LogP contribution is 2.28. The second-order valence-electron chi connectivity index (χ2n) is 7.73. The van der Waals surface area contributed by atoms with E-state index in [-0.39, 0.29) is 5.69 Å². The maximum absolute atomic E-state index is 11.6. The molecule has 1 aromatic carbocycles. The SMILES string of the molecule is CCn1cc(-c2ccc(OC3CCN(C4CCCC4)CC3)cc2)cnc1=O. The third-order valence-electron chi connectivity index (χ3n) is 6.00. The molecule has 0 unspecified atom stereocenters. The van der Waals surface area contributed by atoms with E-state index < -0.39 is 0 Å². The van der Waals surface area contributed by atoms with Crippen molar-refractivity contribution in [2.24, 2.45) is 0 Å². The molecule has 2 aliphatic rings. The minimum absolute atomic E-state index is 0.204. The summed E-state index contributed by atoms with van der Waals surface area (Å²) in [5.41, 5.74) is 1.80. The smallest absolute Gasteiger partial charge is 0.347 e. The second-order valence-corrected chi connectivity index (χ2v) is 7.73. The van der Waals surface area contributed by atoms with Crippen molar-refractivity contribution in [2.75, 3.05) is 13.1 Å². The summed E-state index contributed by atoms with van der Waals surface area (Å²) in [5, 5.41) is 0. The number of piperidine rings is 1. The number of nitrogens with zero attached hydrogens (tertiary/aromatic N) is 3. The summed E-state index contributed by atoms with van der Waals surface area (Å²) in [6.07, 6.45) is 11.6. The topological polar surface area (TPSA) is 47.4 Å². The van der Waals surface area contributed by atoms with Gasteiger partial charge in [-0.25, -0.2) is 9.78 Å². The summed E-state index contributed by atoms with van der Waals surface area (Å²) < 4.78 is 7.85. The number of rotatable bonds is 5. The number of aromatic nitrogens is 2. The quantitative estimate of drug-likeness (QED) is 0.808. The van der Waals surface area contributed by atoms with Crippen molar-refractivity contribution in [3.8, 4) is 16.9 Å². The fraction of sp³-hybridized carbons (Fsp3) is 0.545. The lowest BCUT2D eigenvalue weighted by molar-refractivity contribution is 0.0768. The summed E-state index contributed by atoms with van der Waals surface area (Å²) in [4.78, 5) is 18.3. The van der Waals surface area contributed by atoms with Gasteiger partial charge >= 0.3 is 5.69 Å². The van der Waals surface area contributed by atoms with E-state index in [1.165, 1.54) is 25.7 Å². The molecule has 0 spiro atoms. The molecule has 5 nitrogen and oxygen atoms in total. The van der Waals surface area contributed by atoms with Crippen LogP contribution >= 0.6 is 0 Å². The number of aryl methyl sites for hydroxylation is 1. The number of likely N-dealkylation sites (tertiary alicyclic amines) is 1. The second kappa shape index (κ2) is 8.26. The number of hydrogen-bond donors (Lipinski definition) is 0. The van der Waals surface area contributed by atoms with E-state index in [1.807, 2.05) is 37.4 Å². The summed E-state index contributed by atoms with van der Waals surface area (Å²) in [6.45, 7) is 4.90. The minimum Gasteiger partial charge on any atom is -0.490 e. The lowest BCUT2D eigenvalue weighted by Crippen LogP contribution is -2.43. The van der Waals surface area contributed by atoms with Crippen LogP contribution in [-0.4, -0.2) is 39.7 Å². The average Bonchev–Trinajstić information content (AvgIpc) is 3.24. The zero-order chi connectivity index (χ0) is 18.6. The Hall–Kier alpha value is -2.14. The van der Waals surface area contributed by atoms with E-state index >= 15 is 0 Å². The van der Waals surface area contributed by atoms with Crippen LogP contribution in [0, 0.1) is 0 Å². The van der Waals surface area contributed by atoms with Crippen LogP contribution in [0.1, 0.15) is 45.4 Å². The number of hydrogen-bond acceptors (Lipinski definition) is 4. The van der Waals surface area contributed by atoms with Crippen LogP contribution in [0.4, 0.5) is 0 Å². The van der Waals surface area contributed by atoms with Crippen LogP contribution < -0.4 is 10.4 Å². The van der Waals surface area contributed by atoms with Crippen LogP contribution in [0.2, 0.25) is 0 Å². The standard InChI is InChI=1S/C22H29N3O2/c1-2-24-16-18(15-23-22(24)26)17-7-9-20(10-8-17)27-21-11-13-25(14-12-21)19-5-3-4-6-19/h7-10,15-16,19,21H,2-6,11-14H2,1H3. The Balaban J connectivity index is 1.35. The van der Waals surface area contributed by atoms with Crippen LogP contribution in [0.5, 0.6) is 5.75 Å². The van der Waals surface area contributed by atoms with E-state index in [0.29, 0.717) is 12.6 Å². The molecular formula is C22H29N3O2. The third kappa shape index (κ3) is 4.24. The Morgan fingerprint density at radius 1 is 1.04 bits per heavy atom. The minimum atomic E-state index is -0.204. The first-order valence-electron chi connectivity index (χ1n) is 10.3. The molecule has 5 heteroatoms. The summed E-state index contributed by atoms with van der Waals surface area (Å²) in [7, 11) is 0. The first kappa shape index (κ1) is 18.2. The molecule has 2 aromatic rings. The molecule has 0 amide bonds. The highest BCUT2D eigenvalue weighted by Gasteiger charge is 2.27. The zero-order valence-electron chi connectivity index (χ0n) is 16.1. The Kier molecular flexibility index (Phi) is 5.58. The molecule has 2 fully saturated rings. The van der Waals surface area contributed by atoms with E-state index in [2.05, 4.69) is 9.88 Å². The summed E-state index contributed by atoms with van der Waals surface area (Å²) in [5.74, 6) is 0.926. The Labute approximate surface area is 161 Å². The van der Waals surface area contributed by atoms with Gasteiger partial charge in [0.25, 0.3) is 0 Å². The van der Waals surface area contributed by atoms with Gasteiger partial charge < -0.3 is 9.64 Å². The maximum atomic E-state index is 11.6. The van der Waals surface area contributed by atoms with Crippen molar-refractivity contribution in [2.45, 2.75) is 64.1 Å². The van der Waals surface area contributed by atoms with E-state index in [9.17, 15) is 4.79 Å². The van der Waals surface area contributed by atoms with Crippen molar-refractivity contribution < 1.29 is 4.74 Å². The van der Waals surface area contributed by atoms with Crippen molar-refractivity contribution in [1.82, 2.24) is 14.5 Å². The van der Waals surface area contributed by atoms with Crippen molar-refractivity contribution in [1.29, 1.82) is 0 Å². The van der Waals surface area contributed by atoms with Crippen LogP contribution in [0.3, 0.4) is 0 Å². The molecule has 27 heavy (non-hydrogen) atoms. The van der Waals surface area contributed by atoms with E-state index in [0.717, 1.165) is 48.8 Å². The summed E-state index contributed by atoms with van der Waals surface area (Å²) >= 11 is 0. The molecule has 4 rings (SSSR count). The van der Waals surface area contributed by atoms with E-state index in [1.54, 1.807) is 10.8 Å². The van der Waals surface area contributed by atoms with Crippen LogP contribution in [0.25, 0.3) is 11.1 Å². The molecular weight excluding hydrogens is 338 g/mol. The lowest BCUT2D eigenvalue weighted by Gasteiger charge is -2.36. The molecule has 1 aliphatic carbocycles. The van der Waals surface area contributed by atoms with Gasteiger partial charge in [0.05, 0.1) is 0 Å². The zero-order valence-corrected chi connectivity index (χ0v) is 16.1. The first-order chi connectivity index (χ1) is 13.2. The fourth-order valence-corrected chi connectivity index (χ4v) is 4.38. The molecule has 0 bridgehead atoms. The molecule has 1 aromatic heterocycles. The van der Waals surface area contributed by atoms with Gasteiger partial charge in [0.1, 0.15) is 11.9 Å². The molecule has 144 valence electrons. The highest BCUT2D eigenvalue weighted by atomic mass is 16.5. The molecule has 1 aliphatic heterocycles. The molecule has 1 saturated heterocycles. The van der Waals surface area contributed by atoms with Crippen molar-refractivity contribution in [3.63, 3.8) is 0 Å². The largest absolute Gasteiger partial charge is 0.490 e. The fourth-order valence-electron chi connectivity index (χ4n) is 4.38. The van der Waals surface area contributed by atoms with Crippen molar-refractivity contribution in [3.05, 3.63) is 47.1 Å². The monoisotopic (exact) mass is 367 g/mol. The van der Waals surface area contributed by atoms with Gasteiger partial charge in [-0.05, 0) is 50.3 Å². The van der Waals surface area contributed by atoms with Gasteiger partial charge in [-0.15, -0.1) is 0 Å². The Bertz CT molecular complexity index is 801. The molecule has 0 radical (unpaired) electrons. The maximum Gasteiger partial charge on any atom is 0.347 e. The normalized spacial score (nSPS) is 19.4. The van der Waals surface area contributed by atoms with Gasteiger partial charge in [-0.3, -0.25) is 4.57 Å². The van der Waals surface area contributed by atoms with Gasteiger partial charge in [-0.2, -0.15) is 0 Å². The average molecular weight is 367 g/mol.